The summed E-state index contributed by atoms with van der Waals surface area (Å²) < 4.78 is 0. The van der Waals surface area contributed by atoms with E-state index < -0.39 is 0 Å². The second-order valence-electron chi connectivity index (χ2n) is 4.77. The maximum atomic E-state index is 3.40. The Morgan fingerprint density at radius 3 is 1.71 bits per heavy atom. The van der Waals surface area contributed by atoms with Gasteiger partial charge in [0.15, 0.2) is 0 Å². The normalized spacial score (nSPS) is 10.6. The molecule has 0 fully saturated rings. The molecule has 0 unspecified atom stereocenters. The lowest BCUT2D eigenvalue weighted by atomic mass is 10.0. The van der Waals surface area contributed by atoms with Crippen LogP contribution in [0.4, 0.5) is 11.4 Å². The van der Waals surface area contributed by atoms with E-state index in [4.69, 9.17) is 0 Å². The Morgan fingerprint density at radius 1 is 0.765 bits per heavy atom. The molecule has 0 amide bonds. The maximum absolute atomic E-state index is 3.40. The Morgan fingerprint density at radius 2 is 1.24 bits per heavy atom. The molecule has 0 saturated carbocycles. The number of anilines is 2. The zero-order valence-electron chi connectivity index (χ0n) is 10.7. The second kappa shape index (κ2) is 5.05. The summed E-state index contributed by atoms with van der Waals surface area (Å²) in [4.78, 5) is 0. The van der Waals surface area contributed by atoms with E-state index in [2.05, 4.69) is 74.6 Å². The second-order valence-corrected chi connectivity index (χ2v) is 4.77. The topological polar surface area (TPSA) is 12.0 Å². The highest BCUT2D eigenvalue weighted by atomic mass is 14.9. The highest BCUT2D eigenvalue weighted by Gasteiger charge is 1.99. The lowest BCUT2D eigenvalue weighted by Gasteiger charge is -2.09. The van der Waals surface area contributed by atoms with Crippen LogP contribution in [0.25, 0.3) is 0 Å². The van der Waals surface area contributed by atoms with Gasteiger partial charge < -0.3 is 5.32 Å². The van der Waals surface area contributed by atoms with Gasteiger partial charge in [-0.3, -0.25) is 0 Å². The highest BCUT2D eigenvalue weighted by molar-refractivity contribution is 5.60. The Balaban J connectivity index is 2.11. The number of benzene rings is 2. The summed E-state index contributed by atoms with van der Waals surface area (Å²) in [6.45, 7) is 6.52. The van der Waals surface area contributed by atoms with Gasteiger partial charge in [-0.2, -0.15) is 0 Å². The molecule has 0 aliphatic rings. The number of hydrogen-bond donors (Lipinski definition) is 1. The van der Waals surface area contributed by atoms with Crippen molar-refractivity contribution in [2.24, 2.45) is 0 Å². The first-order valence-electron chi connectivity index (χ1n) is 6.09. The summed E-state index contributed by atoms with van der Waals surface area (Å²) >= 11 is 0. The molecule has 0 bridgehead atoms. The molecule has 0 spiro atoms. The molecule has 17 heavy (non-hydrogen) atoms. The largest absolute Gasteiger partial charge is 0.356 e. The van der Waals surface area contributed by atoms with E-state index in [9.17, 15) is 0 Å². The summed E-state index contributed by atoms with van der Waals surface area (Å²) in [6.07, 6.45) is 0. The Kier molecular flexibility index (Phi) is 3.48. The molecule has 88 valence electrons. The fourth-order valence-electron chi connectivity index (χ4n) is 1.75. The summed E-state index contributed by atoms with van der Waals surface area (Å²) in [6, 6.07) is 17.1. The van der Waals surface area contributed by atoms with Crippen molar-refractivity contribution in [1.82, 2.24) is 0 Å². The molecule has 0 aromatic heterocycles. The van der Waals surface area contributed by atoms with Crippen molar-refractivity contribution in [2.75, 3.05) is 5.32 Å². The van der Waals surface area contributed by atoms with E-state index in [1.54, 1.807) is 0 Å². The number of aryl methyl sites for hydroxylation is 1. The molecule has 1 heteroatoms. The average Bonchev–Trinajstić information content (AvgIpc) is 2.33. The lowest BCUT2D eigenvalue weighted by molar-refractivity contribution is 0.867. The van der Waals surface area contributed by atoms with Gasteiger partial charge in [0.1, 0.15) is 0 Å². The van der Waals surface area contributed by atoms with Crippen LogP contribution >= 0.6 is 0 Å². The molecule has 2 rings (SSSR count). The van der Waals surface area contributed by atoms with Crippen LogP contribution in [-0.4, -0.2) is 0 Å². The minimum absolute atomic E-state index is 0.587. The van der Waals surface area contributed by atoms with Gasteiger partial charge in [0.2, 0.25) is 0 Å². The minimum Gasteiger partial charge on any atom is -0.356 e. The summed E-state index contributed by atoms with van der Waals surface area (Å²) in [7, 11) is 0. The summed E-state index contributed by atoms with van der Waals surface area (Å²) in [5.74, 6) is 0.587. The molecule has 0 aliphatic heterocycles. The van der Waals surface area contributed by atoms with Crippen LogP contribution in [0.3, 0.4) is 0 Å². The Hall–Kier alpha value is -1.76. The van der Waals surface area contributed by atoms with Gasteiger partial charge >= 0.3 is 0 Å². The van der Waals surface area contributed by atoms with E-state index >= 15 is 0 Å². The van der Waals surface area contributed by atoms with Crippen LogP contribution < -0.4 is 5.32 Å². The van der Waals surface area contributed by atoms with Crippen LogP contribution in [0.1, 0.15) is 30.9 Å². The smallest absolute Gasteiger partial charge is 0.0384 e. The number of hydrogen-bond acceptors (Lipinski definition) is 1. The molecule has 2 aromatic carbocycles. The number of nitrogens with one attached hydrogen (secondary N) is 1. The fourth-order valence-corrected chi connectivity index (χ4v) is 1.75. The first-order valence-corrected chi connectivity index (χ1v) is 6.09. The van der Waals surface area contributed by atoms with Gasteiger partial charge in [-0.1, -0.05) is 43.7 Å². The van der Waals surface area contributed by atoms with E-state index in [1.165, 1.54) is 11.1 Å². The molecule has 0 atom stereocenters. The van der Waals surface area contributed by atoms with Gasteiger partial charge in [0, 0.05) is 11.4 Å². The van der Waals surface area contributed by atoms with Crippen molar-refractivity contribution in [3.05, 3.63) is 59.7 Å². The SMILES string of the molecule is Cc1ccc(Nc2ccc(C(C)C)cc2)cc1. The van der Waals surface area contributed by atoms with Crippen LogP contribution in [0.15, 0.2) is 48.5 Å². The highest BCUT2D eigenvalue weighted by Crippen LogP contribution is 2.20. The molecule has 0 aliphatic carbocycles. The third-order valence-corrected chi connectivity index (χ3v) is 2.92. The molecular weight excluding hydrogens is 206 g/mol. The summed E-state index contributed by atoms with van der Waals surface area (Å²) in [5, 5.41) is 3.40. The molecule has 0 saturated heterocycles. The van der Waals surface area contributed by atoms with Gasteiger partial charge in [-0.05, 0) is 42.7 Å². The van der Waals surface area contributed by atoms with E-state index in [-0.39, 0.29) is 0 Å². The third kappa shape index (κ3) is 3.10. The van der Waals surface area contributed by atoms with Crippen molar-refractivity contribution in [3.8, 4) is 0 Å². The van der Waals surface area contributed by atoms with Crippen molar-refractivity contribution in [1.29, 1.82) is 0 Å². The number of rotatable bonds is 3. The zero-order valence-corrected chi connectivity index (χ0v) is 10.7. The molecule has 2 aromatic rings. The Bertz CT molecular complexity index is 466. The first-order chi connectivity index (χ1) is 8.15. The molecule has 1 nitrogen and oxygen atoms in total. The average molecular weight is 225 g/mol. The van der Waals surface area contributed by atoms with Crippen molar-refractivity contribution >= 4 is 11.4 Å². The predicted octanol–water partition coefficient (Wildman–Crippen LogP) is 4.86. The quantitative estimate of drug-likeness (QED) is 0.786. The predicted molar refractivity (Wildman–Crippen MR) is 75.0 cm³/mol. The van der Waals surface area contributed by atoms with Crippen LogP contribution in [0, 0.1) is 6.92 Å². The van der Waals surface area contributed by atoms with E-state index in [1.807, 2.05) is 0 Å². The standard InChI is InChI=1S/C16H19N/c1-12(2)14-6-10-16(11-7-14)17-15-8-4-13(3)5-9-15/h4-12,17H,1-3H3. The first kappa shape index (κ1) is 11.7. The molecular formula is C16H19N. The van der Waals surface area contributed by atoms with Crippen LogP contribution in [0.5, 0.6) is 0 Å². The Labute approximate surface area is 103 Å². The van der Waals surface area contributed by atoms with Gasteiger partial charge in [-0.15, -0.1) is 0 Å². The van der Waals surface area contributed by atoms with Crippen LogP contribution in [0.2, 0.25) is 0 Å². The van der Waals surface area contributed by atoms with Crippen molar-refractivity contribution < 1.29 is 0 Å². The zero-order chi connectivity index (χ0) is 12.3. The fraction of sp³-hybridized carbons (Fsp3) is 0.250. The molecule has 0 heterocycles. The van der Waals surface area contributed by atoms with Gasteiger partial charge in [-0.25, -0.2) is 0 Å². The lowest BCUT2D eigenvalue weighted by Crippen LogP contribution is -1.92. The van der Waals surface area contributed by atoms with Gasteiger partial charge in [0.25, 0.3) is 0 Å². The van der Waals surface area contributed by atoms with Crippen LogP contribution in [-0.2, 0) is 0 Å². The third-order valence-electron chi connectivity index (χ3n) is 2.92. The summed E-state index contributed by atoms with van der Waals surface area (Å²) in [5.41, 5.74) is 4.93. The van der Waals surface area contributed by atoms with E-state index in [0.717, 1.165) is 11.4 Å². The van der Waals surface area contributed by atoms with Gasteiger partial charge in [0.05, 0.1) is 0 Å². The monoisotopic (exact) mass is 225 g/mol. The van der Waals surface area contributed by atoms with Crippen molar-refractivity contribution in [3.63, 3.8) is 0 Å². The van der Waals surface area contributed by atoms with E-state index in [0.29, 0.717) is 5.92 Å². The maximum Gasteiger partial charge on any atom is 0.0384 e. The minimum atomic E-state index is 0.587. The van der Waals surface area contributed by atoms with Crippen molar-refractivity contribution in [2.45, 2.75) is 26.7 Å². The molecule has 0 radical (unpaired) electrons. The molecule has 1 N–H and O–H groups in total.